The summed E-state index contributed by atoms with van der Waals surface area (Å²) in [4.78, 5) is 4.70. The Bertz CT molecular complexity index is 372. The van der Waals surface area contributed by atoms with Gasteiger partial charge in [0.25, 0.3) is 0 Å². The van der Waals surface area contributed by atoms with E-state index in [0.29, 0.717) is 4.99 Å². The minimum atomic E-state index is 0.397. The fraction of sp³-hybridized carbons (Fsp3) is 0.500. The van der Waals surface area contributed by atoms with Crippen molar-refractivity contribution in [1.82, 2.24) is 4.98 Å². The van der Waals surface area contributed by atoms with Crippen LogP contribution in [0, 0.1) is 5.92 Å². The van der Waals surface area contributed by atoms with E-state index in [4.69, 9.17) is 18.0 Å². The van der Waals surface area contributed by atoms with Crippen LogP contribution < -0.4 is 11.1 Å². The summed E-state index contributed by atoms with van der Waals surface area (Å²) in [6.45, 7) is 1.01. The molecule has 1 aromatic heterocycles. The zero-order valence-electron chi connectivity index (χ0n) is 9.69. The quantitative estimate of drug-likeness (QED) is 0.820. The highest BCUT2D eigenvalue weighted by atomic mass is 32.2. The molecule has 0 radical (unpaired) electrons. The van der Waals surface area contributed by atoms with Gasteiger partial charge in [0.15, 0.2) is 0 Å². The van der Waals surface area contributed by atoms with Crippen LogP contribution in [-0.4, -0.2) is 28.0 Å². The topological polar surface area (TPSA) is 50.9 Å². The summed E-state index contributed by atoms with van der Waals surface area (Å²) in [6, 6.07) is 3.85. The van der Waals surface area contributed by atoms with Gasteiger partial charge in [-0.2, -0.15) is 11.8 Å². The molecule has 5 heteroatoms. The number of anilines is 1. The van der Waals surface area contributed by atoms with Crippen molar-refractivity contribution in [2.75, 3.05) is 23.4 Å². The van der Waals surface area contributed by atoms with Gasteiger partial charge in [-0.1, -0.05) is 12.2 Å². The number of thiocarbonyl (C=S) groups is 1. The molecule has 1 aliphatic rings. The largest absolute Gasteiger partial charge is 0.389 e. The SMILES string of the molecule is NC(=S)c1ccc(NCC2CCSCC2)nc1. The fourth-order valence-corrected chi connectivity index (χ4v) is 3.17. The van der Waals surface area contributed by atoms with Gasteiger partial charge >= 0.3 is 0 Å². The summed E-state index contributed by atoms with van der Waals surface area (Å²) in [6.07, 6.45) is 4.34. The highest BCUT2D eigenvalue weighted by Gasteiger charge is 2.13. The predicted octanol–water partition coefficient (Wildman–Crippen LogP) is 2.27. The molecular formula is C12H17N3S2. The molecule has 1 fully saturated rings. The van der Waals surface area contributed by atoms with Crippen molar-refractivity contribution < 1.29 is 0 Å². The van der Waals surface area contributed by atoms with Crippen molar-refractivity contribution in [3.05, 3.63) is 23.9 Å². The number of nitrogens with zero attached hydrogens (tertiary/aromatic N) is 1. The second kappa shape index (κ2) is 6.21. The minimum absolute atomic E-state index is 0.397. The van der Waals surface area contributed by atoms with Crippen LogP contribution in [0.3, 0.4) is 0 Å². The average molecular weight is 267 g/mol. The van der Waals surface area contributed by atoms with Crippen LogP contribution >= 0.6 is 24.0 Å². The van der Waals surface area contributed by atoms with E-state index in [1.54, 1.807) is 6.20 Å². The molecule has 2 rings (SSSR count). The summed E-state index contributed by atoms with van der Waals surface area (Å²) in [5.74, 6) is 4.27. The Morgan fingerprint density at radius 3 is 2.82 bits per heavy atom. The molecule has 0 aromatic carbocycles. The van der Waals surface area contributed by atoms with Gasteiger partial charge in [0.05, 0.1) is 0 Å². The smallest absolute Gasteiger partial charge is 0.125 e. The molecule has 0 saturated carbocycles. The molecule has 2 heterocycles. The second-order valence-corrected chi connectivity index (χ2v) is 5.90. The summed E-state index contributed by atoms with van der Waals surface area (Å²) in [7, 11) is 0. The first kappa shape index (κ1) is 12.6. The van der Waals surface area contributed by atoms with Gasteiger partial charge in [0, 0.05) is 18.3 Å². The fourth-order valence-electron chi connectivity index (χ4n) is 1.84. The van der Waals surface area contributed by atoms with Crippen LogP contribution in [0.15, 0.2) is 18.3 Å². The van der Waals surface area contributed by atoms with Crippen molar-refractivity contribution in [3.8, 4) is 0 Å². The third kappa shape index (κ3) is 3.85. The summed E-state index contributed by atoms with van der Waals surface area (Å²) in [5.41, 5.74) is 6.34. The first-order valence-corrected chi connectivity index (χ1v) is 7.39. The molecule has 17 heavy (non-hydrogen) atoms. The minimum Gasteiger partial charge on any atom is -0.389 e. The van der Waals surface area contributed by atoms with Crippen LogP contribution in [0.5, 0.6) is 0 Å². The lowest BCUT2D eigenvalue weighted by atomic mass is 10.0. The number of hydrogen-bond acceptors (Lipinski definition) is 4. The second-order valence-electron chi connectivity index (χ2n) is 4.23. The molecule has 0 unspecified atom stereocenters. The predicted molar refractivity (Wildman–Crippen MR) is 78.7 cm³/mol. The summed E-state index contributed by atoms with van der Waals surface area (Å²) < 4.78 is 0. The Hall–Kier alpha value is -0.810. The van der Waals surface area contributed by atoms with Gasteiger partial charge in [-0.3, -0.25) is 0 Å². The zero-order chi connectivity index (χ0) is 12.1. The van der Waals surface area contributed by atoms with Gasteiger partial charge in [0.2, 0.25) is 0 Å². The lowest BCUT2D eigenvalue weighted by Gasteiger charge is -2.21. The Labute approximate surface area is 112 Å². The van der Waals surface area contributed by atoms with E-state index in [2.05, 4.69) is 22.1 Å². The first-order valence-electron chi connectivity index (χ1n) is 5.83. The maximum Gasteiger partial charge on any atom is 0.125 e. The van der Waals surface area contributed by atoms with Gasteiger partial charge in [-0.25, -0.2) is 4.98 Å². The van der Waals surface area contributed by atoms with E-state index in [9.17, 15) is 0 Å². The Kier molecular flexibility index (Phi) is 4.62. The Morgan fingerprint density at radius 2 is 2.24 bits per heavy atom. The average Bonchev–Trinajstić information content (AvgIpc) is 2.38. The number of aromatic nitrogens is 1. The van der Waals surface area contributed by atoms with E-state index in [0.717, 1.165) is 23.8 Å². The molecule has 0 spiro atoms. The van der Waals surface area contributed by atoms with Gasteiger partial charge in [-0.15, -0.1) is 0 Å². The van der Waals surface area contributed by atoms with Gasteiger partial charge < -0.3 is 11.1 Å². The van der Waals surface area contributed by atoms with E-state index in [1.165, 1.54) is 24.3 Å². The van der Waals surface area contributed by atoms with E-state index >= 15 is 0 Å². The van der Waals surface area contributed by atoms with Crippen LogP contribution in [0.4, 0.5) is 5.82 Å². The molecule has 1 saturated heterocycles. The molecule has 0 aliphatic carbocycles. The molecular weight excluding hydrogens is 250 g/mol. The van der Waals surface area contributed by atoms with Crippen molar-refractivity contribution in [2.24, 2.45) is 11.7 Å². The van der Waals surface area contributed by atoms with Crippen molar-refractivity contribution in [2.45, 2.75) is 12.8 Å². The third-order valence-corrected chi connectivity index (χ3v) is 4.25. The summed E-state index contributed by atoms with van der Waals surface area (Å²) >= 11 is 6.94. The van der Waals surface area contributed by atoms with E-state index < -0.39 is 0 Å². The van der Waals surface area contributed by atoms with Crippen LogP contribution in [0.2, 0.25) is 0 Å². The van der Waals surface area contributed by atoms with Gasteiger partial charge in [-0.05, 0) is 42.4 Å². The first-order chi connectivity index (χ1) is 8.25. The highest BCUT2D eigenvalue weighted by molar-refractivity contribution is 7.99. The number of hydrogen-bond donors (Lipinski definition) is 2. The number of pyridine rings is 1. The van der Waals surface area contributed by atoms with Crippen LogP contribution in [0.1, 0.15) is 18.4 Å². The Morgan fingerprint density at radius 1 is 1.47 bits per heavy atom. The van der Waals surface area contributed by atoms with Crippen molar-refractivity contribution in [1.29, 1.82) is 0 Å². The number of nitrogens with one attached hydrogen (secondary N) is 1. The van der Waals surface area contributed by atoms with Crippen LogP contribution in [-0.2, 0) is 0 Å². The number of thioether (sulfide) groups is 1. The van der Waals surface area contributed by atoms with Crippen LogP contribution in [0.25, 0.3) is 0 Å². The van der Waals surface area contributed by atoms with Crippen molar-refractivity contribution >= 4 is 34.8 Å². The van der Waals surface area contributed by atoms with Gasteiger partial charge in [0.1, 0.15) is 10.8 Å². The normalized spacial score (nSPS) is 16.7. The highest BCUT2D eigenvalue weighted by Crippen LogP contribution is 2.22. The maximum absolute atomic E-state index is 5.52. The maximum atomic E-state index is 5.52. The number of rotatable bonds is 4. The summed E-state index contributed by atoms with van der Waals surface area (Å²) in [5, 5.41) is 3.38. The lowest BCUT2D eigenvalue weighted by Crippen LogP contribution is -2.19. The van der Waals surface area contributed by atoms with Crippen molar-refractivity contribution in [3.63, 3.8) is 0 Å². The van der Waals surface area contributed by atoms with E-state index in [1.807, 2.05) is 12.1 Å². The molecule has 92 valence electrons. The lowest BCUT2D eigenvalue weighted by molar-refractivity contribution is 0.515. The Balaban J connectivity index is 1.84. The molecule has 0 atom stereocenters. The third-order valence-electron chi connectivity index (χ3n) is 2.96. The number of nitrogens with two attached hydrogens (primary N) is 1. The monoisotopic (exact) mass is 267 g/mol. The molecule has 3 nitrogen and oxygen atoms in total. The molecule has 0 bridgehead atoms. The standard InChI is InChI=1S/C12H17N3S2/c13-12(16)10-1-2-11(15-8-10)14-7-9-3-5-17-6-4-9/h1-2,8-9H,3-7H2,(H2,13,16)(H,14,15). The molecule has 1 aliphatic heterocycles. The van der Waals surface area contributed by atoms with E-state index in [-0.39, 0.29) is 0 Å². The zero-order valence-corrected chi connectivity index (χ0v) is 11.3. The molecule has 1 aromatic rings. The molecule has 3 N–H and O–H groups in total. The molecule has 0 amide bonds.